The second-order valence-electron chi connectivity index (χ2n) is 9.28. The smallest absolute Gasteiger partial charge is 0.336 e. The summed E-state index contributed by atoms with van der Waals surface area (Å²) < 4.78 is 11.2. The minimum Gasteiger partial charge on any atom is -0.508 e. The van der Waals surface area contributed by atoms with Gasteiger partial charge in [0.2, 0.25) is 0 Å². The molecular formula is C31H39NO5. The lowest BCUT2D eigenvalue weighted by Crippen LogP contribution is -2.32. The number of phenolic OH excluding ortho intramolecular Hbond substituents is 1. The number of phenols is 1. The number of carbonyl (C=O) groups is 2. The zero-order valence-corrected chi connectivity index (χ0v) is 22.4. The summed E-state index contributed by atoms with van der Waals surface area (Å²) in [6, 6.07) is 16.6. The molecule has 37 heavy (non-hydrogen) atoms. The Balaban J connectivity index is 0.000000361. The monoisotopic (exact) mass is 505 g/mol. The van der Waals surface area contributed by atoms with E-state index in [1.807, 2.05) is 51.1 Å². The molecule has 198 valence electrons. The first-order chi connectivity index (χ1) is 18.0. The molecule has 1 heterocycles. The molecule has 0 spiro atoms. The number of benzene rings is 2. The normalized spacial score (nSPS) is 19.0. The Kier molecular flexibility index (Phi) is 10.4. The van der Waals surface area contributed by atoms with E-state index in [0.29, 0.717) is 24.2 Å². The number of ether oxygens (including phenoxy) is 2. The van der Waals surface area contributed by atoms with Gasteiger partial charge in [0.15, 0.2) is 5.78 Å². The molecule has 1 atom stereocenters. The van der Waals surface area contributed by atoms with Gasteiger partial charge >= 0.3 is 5.97 Å². The van der Waals surface area contributed by atoms with Crippen molar-refractivity contribution in [3.8, 4) is 11.5 Å². The van der Waals surface area contributed by atoms with Gasteiger partial charge in [-0.2, -0.15) is 0 Å². The number of hydrogen-bond acceptors (Lipinski definition) is 6. The lowest BCUT2D eigenvalue weighted by Gasteiger charge is -2.32. The summed E-state index contributed by atoms with van der Waals surface area (Å²) in [4.78, 5) is 25.6. The van der Waals surface area contributed by atoms with Crippen molar-refractivity contribution in [1.29, 1.82) is 0 Å². The molecule has 0 bridgehead atoms. The van der Waals surface area contributed by atoms with Crippen molar-refractivity contribution < 1.29 is 24.2 Å². The average molecular weight is 506 g/mol. The van der Waals surface area contributed by atoms with Crippen LogP contribution in [0.4, 0.5) is 0 Å². The van der Waals surface area contributed by atoms with Crippen molar-refractivity contribution in [3.63, 3.8) is 0 Å². The number of para-hydroxylation sites is 2. The van der Waals surface area contributed by atoms with Gasteiger partial charge in [-0.05, 0) is 62.8 Å². The van der Waals surface area contributed by atoms with Crippen LogP contribution >= 0.6 is 0 Å². The van der Waals surface area contributed by atoms with Crippen molar-refractivity contribution in [2.45, 2.75) is 77.7 Å². The lowest BCUT2D eigenvalue weighted by molar-refractivity contribution is -0.144. The van der Waals surface area contributed by atoms with Crippen molar-refractivity contribution >= 4 is 11.8 Å². The van der Waals surface area contributed by atoms with E-state index < -0.39 is 0 Å². The molecule has 1 unspecified atom stereocenters. The summed E-state index contributed by atoms with van der Waals surface area (Å²) in [5.74, 6) is 1.04. The molecule has 1 fully saturated rings. The van der Waals surface area contributed by atoms with Crippen LogP contribution in [0.15, 0.2) is 77.1 Å². The van der Waals surface area contributed by atoms with Gasteiger partial charge in [0.25, 0.3) is 0 Å². The van der Waals surface area contributed by atoms with Gasteiger partial charge in [-0.15, -0.1) is 0 Å². The standard InChI is InChI=1S/C23H27NO4.C6H6O.C2H6/c1-14-18(23(26)28-16-7-3-4-8-16)13-19-20(24-14)11-15(12-21(19)25)17-9-5-6-10-22(17)27-2;7-6-4-2-1-3-5-6;1-2/h5-6,9-10,15-16,24H,3-4,7-8,11-13H2,1-2H3;1-5,7H;1-2H3. The lowest BCUT2D eigenvalue weighted by atomic mass is 9.78. The molecule has 6 nitrogen and oxygen atoms in total. The molecule has 1 aliphatic heterocycles. The summed E-state index contributed by atoms with van der Waals surface area (Å²) in [5.41, 5.74) is 4.11. The average Bonchev–Trinajstić information content (AvgIpc) is 3.43. The van der Waals surface area contributed by atoms with Gasteiger partial charge in [-0.3, -0.25) is 4.79 Å². The molecule has 2 aromatic rings. The molecule has 2 N–H and O–H groups in total. The number of dihydropyridines is 1. The van der Waals surface area contributed by atoms with Gasteiger partial charge in [0.05, 0.1) is 12.7 Å². The Morgan fingerprint density at radius 2 is 1.62 bits per heavy atom. The van der Waals surface area contributed by atoms with E-state index in [1.165, 1.54) is 0 Å². The van der Waals surface area contributed by atoms with E-state index in [9.17, 15) is 9.59 Å². The number of aromatic hydroxyl groups is 1. The number of Topliss-reactive ketones (excluding diaryl/α,β-unsaturated/α-hetero) is 1. The highest BCUT2D eigenvalue weighted by Crippen LogP contribution is 2.41. The van der Waals surface area contributed by atoms with Crippen LogP contribution in [0.25, 0.3) is 0 Å². The minimum atomic E-state index is -0.275. The highest BCUT2D eigenvalue weighted by molar-refractivity contribution is 6.01. The SMILES string of the molecule is CC.COc1ccccc1C1CC(=O)C2=C(C1)NC(C)=C(C(=O)OC1CCCC1)C2.Oc1ccccc1. The Bertz CT molecular complexity index is 1130. The fourth-order valence-electron chi connectivity index (χ4n) is 5.01. The Morgan fingerprint density at radius 3 is 2.24 bits per heavy atom. The number of rotatable bonds is 4. The third-order valence-electron chi connectivity index (χ3n) is 6.89. The van der Waals surface area contributed by atoms with E-state index in [4.69, 9.17) is 14.6 Å². The van der Waals surface area contributed by atoms with Gasteiger partial charge in [-0.25, -0.2) is 4.79 Å². The molecule has 0 amide bonds. The number of ketones is 1. The highest BCUT2D eigenvalue weighted by atomic mass is 16.5. The van der Waals surface area contributed by atoms with Crippen LogP contribution in [-0.4, -0.2) is 30.1 Å². The number of hydrogen-bond donors (Lipinski definition) is 2. The van der Waals surface area contributed by atoms with Crippen molar-refractivity contribution in [2.24, 2.45) is 0 Å². The van der Waals surface area contributed by atoms with Crippen molar-refractivity contribution in [1.82, 2.24) is 5.32 Å². The van der Waals surface area contributed by atoms with Crippen LogP contribution in [-0.2, 0) is 14.3 Å². The first-order valence-corrected chi connectivity index (χ1v) is 13.3. The quantitative estimate of drug-likeness (QED) is 0.457. The van der Waals surface area contributed by atoms with Crippen LogP contribution in [0, 0.1) is 0 Å². The molecule has 3 aliphatic rings. The predicted molar refractivity (Wildman–Crippen MR) is 145 cm³/mol. The van der Waals surface area contributed by atoms with E-state index in [1.54, 1.807) is 31.4 Å². The summed E-state index contributed by atoms with van der Waals surface area (Å²) >= 11 is 0. The zero-order valence-electron chi connectivity index (χ0n) is 22.4. The van der Waals surface area contributed by atoms with Gasteiger partial charge in [-0.1, -0.05) is 50.2 Å². The number of methoxy groups -OCH3 is 1. The Hall–Kier alpha value is -3.54. The number of nitrogens with one attached hydrogen (secondary N) is 1. The molecule has 0 saturated heterocycles. The molecular weight excluding hydrogens is 466 g/mol. The maximum Gasteiger partial charge on any atom is 0.336 e. The van der Waals surface area contributed by atoms with Crippen LogP contribution in [0.2, 0.25) is 0 Å². The number of carbonyl (C=O) groups excluding carboxylic acids is 2. The van der Waals surface area contributed by atoms with E-state index in [2.05, 4.69) is 5.32 Å². The first-order valence-electron chi connectivity index (χ1n) is 13.3. The second-order valence-corrected chi connectivity index (χ2v) is 9.28. The summed E-state index contributed by atoms with van der Waals surface area (Å²) in [5, 5.41) is 12.0. The van der Waals surface area contributed by atoms with Crippen LogP contribution in [0.3, 0.4) is 0 Å². The van der Waals surface area contributed by atoms with Gasteiger partial charge < -0.3 is 19.9 Å². The largest absolute Gasteiger partial charge is 0.508 e. The van der Waals surface area contributed by atoms with Gasteiger partial charge in [0, 0.05) is 35.7 Å². The van der Waals surface area contributed by atoms with Crippen LogP contribution in [0.5, 0.6) is 11.5 Å². The molecule has 5 rings (SSSR count). The topological polar surface area (TPSA) is 84.9 Å². The van der Waals surface area contributed by atoms with Gasteiger partial charge in [0.1, 0.15) is 17.6 Å². The molecule has 0 aromatic heterocycles. The third kappa shape index (κ3) is 7.25. The highest BCUT2D eigenvalue weighted by Gasteiger charge is 2.35. The number of esters is 1. The summed E-state index contributed by atoms with van der Waals surface area (Å²) in [7, 11) is 1.65. The second kappa shape index (κ2) is 13.7. The fraction of sp³-hybridized carbons (Fsp3) is 0.419. The predicted octanol–water partition coefficient (Wildman–Crippen LogP) is 6.57. The minimum absolute atomic E-state index is 0.0279. The maximum atomic E-state index is 12.9. The third-order valence-corrected chi connectivity index (χ3v) is 6.89. The van der Waals surface area contributed by atoms with E-state index in [0.717, 1.165) is 60.4 Å². The zero-order chi connectivity index (χ0) is 26.8. The van der Waals surface area contributed by atoms with Crippen molar-refractivity contribution in [3.05, 3.63) is 82.7 Å². The summed E-state index contributed by atoms with van der Waals surface area (Å²) in [6.07, 6.45) is 5.70. The molecule has 1 saturated carbocycles. The fourth-order valence-corrected chi connectivity index (χ4v) is 5.01. The van der Waals surface area contributed by atoms with E-state index in [-0.39, 0.29) is 23.8 Å². The molecule has 2 aliphatic carbocycles. The molecule has 2 aromatic carbocycles. The van der Waals surface area contributed by atoms with E-state index >= 15 is 0 Å². The van der Waals surface area contributed by atoms with Crippen LogP contribution < -0.4 is 10.1 Å². The first kappa shape index (κ1) is 28.0. The molecule has 0 radical (unpaired) electrons. The molecule has 6 heteroatoms. The van der Waals surface area contributed by atoms with Crippen LogP contribution in [0.1, 0.15) is 77.2 Å². The maximum absolute atomic E-state index is 12.9. The Morgan fingerprint density at radius 1 is 0.973 bits per heavy atom. The summed E-state index contributed by atoms with van der Waals surface area (Å²) in [6.45, 7) is 5.90. The van der Waals surface area contributed by atoms with Crippen molar-refractivity contribution in [2.75, 3.05) is 7.11 Å². The number of allylic oxidation sites excluding steroid dienone is 3. The Labute approximate surface area is 220 Å².